The van der Waals surface area contributed by atoms with Gasteiger partial charge in [0.1, 0.15) is 5.82 Å². The van der Waals surface area contributed by atoms with E-state index >= 15 is 0 Å². The lowest BCUT2D eigenvalue weighted by Crippen LogP contribution is -2.46. The lowest BCUT2D eigenvalue weighted by atomic mass is 9.98. The molecule has 0 fully saturated rings. The van der Waals surface area contributed by atoms with Crippen molar-refractivity contribution in [3.63, 3.8) is 0 Å². The van der Waals surface area contributed by atoms with Crippen molar-refractivity contribution in [1.29, 1.82) is 0 Å². The van der Waals surface area contributed by atoms with Gasteiger partial charge in [-0.3, -0.25) is 4.79 Å². The first-order chi connectivity index (χ1) is 12.4. The molecule has 136 valence electrons. The van der Waals surface area contributed by atoms with Gasteiger partial charge in [-0.1, -0.05) is 47.5 Å². The van der Waals surface area contributed by atoms with Crippen LogP contribution in [0.25, 0.3) is 5.57 Å². The molecular formula is C20H19Cl2FN2O. The molecule has 2 aromatic rings. The molecule has 0 saturated carbocycles. The van der Waals surface area contributed by atoms with Crippen molar-refractivity contribution >= 4 is 34.7 Å². The molecule has 3 rings (SSSR count). The molecule has 1 amide bonds. The van der Waals surface area contributed by atoms with Crippen LogP contribution in [0.15, 0.2) is 48.5 Å². The summed E-state index contributed by atoms with van der Waals surface area (Å²) in [6, 6.07) is 11.0. The van der Waals surface area contributed by atoms with Gasteiger partial charge in [0.2, 0.25) is 5.91 Å². The molecule has 0 bridgehead atoms. The molecule has 2 aromatic carbocycles. The van der Waals surface area contributed by atoms with E-state index in [-0.39, 0.29) is 11.7 Å². The van der Waals surface area contributed by atoms with Crippen LogP contribution < -0.4 is 5.73 Å². The van der Waals surface area contributed by atoms with Crippen molar-refractivity contribution < 1.29 is 9.18 Å². The van der Waals surface area contributed by atoms with Crippen LogP contribution in [-0.4, -0.2) is 29.9 Å². The first-order valence-corrected chi connectivity index (χ1v) is 9.13. The molecular weight excluding hydrogens is 374 g/mol. The Bertz CT molecular complexity index is 853. The first kappa shape index (κ1) is 18.9. The monoisotopic (exact) mass is 392 g/mol. The average Bonchev–Trinajstić information content (AvgIpc) is 2.63. The maximum Gasteiger partial charge on any atom is 0.240 e. The van der Waals surface area contributed by atoms with E-state index in [1.54, 1.807) is 29.2 Å². The average molecular weight is 393 g/mol. The Kier molecular flexibility index (Phi) is 5.97. The highest BCUT2D eigenvalue weighted by molar-refractivity contribution is 6.35. The quantitative estimate of drug-likeness (QED) is 0.841. The van der Waals surface area contributed by atoms with Crippen molar-refractivity contribution in [2.24, 2.45) is 5.73 Å². The summed E-state index contributed by atoms with van der Waals surface area (Å²) in [5.74, 6) is -0.380. The zero-order valence-corrected chi connectivity index (χ0v) is 15.6. The number of nitrogens with zero attached hydrogens (tertiary/aromatic N) is 1. The minimum Gasteiger partial charge on any atom is -0.337 e. The van der Waals surface area contributed by atoms with Crippen molar-refractivity contribution in [3.05, 3.63) is 75.5 Å². The number of carbonyl (C=O) groups is 1. The molecule has 2 N–H and O–H groups in total. The van der Waals surface area contributed by atoms with Crippen LogP contribution in [0.1, 0.15) is 17.5 Å². The number of halogens is 3. The van der Waals surface area contributed by atoms with Gasteiger partial charge in [0.25, 0.3) is 0 Å². The van der Waals surface area contributed by atoms with E-state index in [0.29, 0.717) is 36.0 Å². The van der Waals surface area contributed by atoms with E-state index in [9.17, 15) is 9.18 Å². The highest BCUT2D eigenvalue weighted by Gasteiger charge is 2.24. The van der Waals surface area contributed by atoms with Gasteiger partial charge in [-0.05, 0) is 53.8 Å². The van der Waals surface area contributed by atoms with Gasteiger partial charge in [-0.2, -0.15) is 0 Å². The van der Waals surface area contributed by atoms with Crippen molar-refractivity contribution in [1.82, 2.24) is 4.90 Å². The number of rotatable bonds is 4. The fourth-order valence-corrected chi connectivity index (χ4v) is 3.55. The normalized spacial score (nSPS) is 15.5. The maximum absolute atomic E-state index is 13.4. The largest absolute Gasteiger partial charge is 0.337 e. The summed E-state index contributed by atoms with van der Waals surface area (Å²) in [5, 5.41) is 1.05. The van der Waals surface area contributed by atoms with Gasteiger partial charge in [0, 0.05) is 23.1 Å². The van der Waals surface area contributed by atoms with Gasteiger partial charge < -0.3 is 10.6 Å². The number of benzene rings is 2. The molecule has 0 aromatic heterocycles. The number of hydrogen-bond acceptors (Lipinski definition) is 2. The summed E-state index contributed by atoms with van der Waals surface area (Å²) in [4.78, 5) is 14.3. The summed E-state index contributed by atoms with van der Waals surface area (Å²) in [5.41, 5.74) is 8.80. The van der Waals surface area contributed by atoms with Crippen LogP contribution in [-0.2, 0) is 11.2 Å². The predicted octanol–water partition coefficient (Wildman–Crippen LogP) is 4.32. The van der Waals surface area contributed by atoms with E-state index in [4.69, 9.17) is 28.9 Å². The van der Waals surface area contributed by atoms with Gasteiger partial charge in [0.15, 0.2) is 0 Å². The molecule has 6 heteroatoms. The first-order valence-electron chi connectivity index (χ1n) is 8.37. The Morgan fingerprint density at radius 2 is 2.04 bits per heavy atom. The van der Waals surface area contributed by atoms with E-state index in [2.05, 4.69) is 0 Å². The third-order valence-electron chi connectivity index (χ3n) is 4.49. The molecule has 0 radical (unpaired) electrons. The predicted molar refractivity (Wildman–Crippen MR) is 104 cm³/mol. The minimum atomic E-state index is -0.669. The second kappa shape index (κ2) is 8.21. The zero-order chi connectivity index (χ0) is 18.7. The summed E-state index contributed by atoms with van der Waals surface area (Å²) in [7, 11) is 0. The molecule has 1 atom stereocenters. The molecule has 0 spiro atoms. The molecule has 0 saturated heterocycles. The lowest BCUT2D eigenvalue weighted by molar-refractivity contribution is -0.132. The highest BCUT2D eigenvalue weighted by atomic mass is 35.5. The van der Waals surface area contributed by atoms with Crippen LogP contribution in [0.5, 0.6) is 0 Å². The second-order valence-corrected chi connectivity index (χ2v) is 7.16. The lowest BCUT2D eigenvalue weighted by Gasteiger charge is -2.29. The van der Waals surface area contributed by atoms with E-state index in [1.165, 1.54) is 12.1 Å². The van der Waals surface area contributed by atoms with E-state index < -0.39 is 6.04 Å². The molecule has 26 heavy (non-hydrogen) atoms. The summed E-state index contributed by atoms with van der Waals surface area (Å²) >= 11 is 12.0. The molecule has 3 nitrogen and oxygen atoms in total. The van der Waals surface area contributed by atoms with Gasteiger partial charge in [0.05, 0.1) is 6.04 Å². The Morgan fingerprint density at radius 3 is 2.69 bits per heavy atom. The standard InChI is InChI=1S/C20H19Cl2FN2O/c21-16-5-4-15(18(22)12-16)11-19(24)20(26)25-8-6-13(7-9-25)14-2-1-3-17(23)10-14/h1-6,10,12,19H,7-9,11,24H2. The fourth-order valence-electron chi connectivity index (χ4n) is 3.07. The minimum absolute atomic E-state index is 0.120. The Hall–Kier alpha value is -1.88. The van der Waals surface area contributed by atoms with Gasteiger partial charge >= 0.3 is 0 Å². The second-order valence-electron chi connectivity index (χ2n) is 6.32. The molecule has 0 aliphatic carbocycles. The fraction of sp³-hybridized carbons (Fsp3) is 0.250. The Balaban J connectivity index is 1.64. The topological polar surface area (TPSA) is 46.3 Å². The van der Waals surface area contributed by atoms with Crippen LogP contribution in [0.3, 0.4) is 0 Å². The van der Waals surface area contributed by atoms with Crippen molar-refractivity contribution in [2.75, 3.05) is 13.1 Å². The molecule has 1 unspecified atom stereocenters. The van der Waals surface area contributed by atoms with Crippen LogP contribution >= 0.6 is 23.2 Å². The maximum atomic E-state index is 13.4. The number of nitrogens with two attached hydrogens (primary N) is 1. The molecule has 1 aliphatic heterocycles. The van der Waals surface area contributed by atoms with Crippen LogP contribution in [0, 0.1) is 5.82 Å². The zero-order valence-electron chi connectivity index (χ0n) is 14.1. The Labute approximate surface area is 162 Å². The van der Waals surface area contributed by atoms with Crippen molar-refractivity contribution in [3.8, 4) is 0 Å². The SMILES string of the molecule is NC(Cc1ccc(Cl)cc1Cl)C(=O)N1CC=C(c2cccc(F)c2)CC1. The smallest absolute Gasteiger partial charge is 0.240 e. The molecule has 1 aliphatic rings. The van der Waals surface area contributed by atoms with E-state index in [1.807, 2.05) is 12.1 Å². The highest BCUT2D eigenvalue weighted by Crippen LogP contribution is 2.25. The summed E-state index contributed by atoms with van der Waals surface area (Å²) < 4.78 is 13.4. The van der Waals surface area contributed by atoms with Crippen LogP contribution in [0.2, 0.25) is 10.0 Å². The number of amides is 1. The number of carbonyl (C=O) groups excluding carboxylic acids is 1. The van der Waals surface area contributed by atoms with E-state index in [0.717, 1.165) is 16.7 Å². The summed E-state index contributed by atoms with van der Waals surface area (Å²) in [6.07, 6.45) is 2.98. The molecule has 1 heterocycles. The van der Waals surface area contributed by atoms with Gasteiger partial charge in [-0.25, -0.2) is 4.39 Å². The third-order valence-corrected chi connectivity index (χ3v) is 5.08. The third kappa shape index (κ3) is 4.44. The summed E-state index contributed by atoms with van der Waals surface area (Å²) in [6.45, 7) is 1.02. The van der Waals surface area contributed by atoms with Crippen molar-refractivity contribution in [2.45, 2.75) is 18.9 Å². The van der Waals surface area contributed by atoms with Crippen LogP contribution in [0.4, 0.5) is 4.39 Å². The Morgan fingerprint density at radius 1 is 1.23 bits per heavy atom. The van der Waals surface area contributed by atoms with Gasteiger partial charge in [-0.15, -0.1) is 0 Å². The number of hydrogen-bond donors (Lipinski definition) is 1.